The van der Waals surface area contributed by atoms with Crippen LogP contribution in [0.3, 0.4) is 0 Å². The summed E-state index contributed by atoms with van der Waals surface area (Å²) in [4.78, 5) is 18.8. The molecule has 35 heavy (non-hydrogen) atoms. The van der Waals surface area contributed by atoms with Crippen LogP contribution in [0.25, 0.3) is 10.9 Å². The second kappa shape index (κ2) is 10.4. The number of fused-ring (bicyclic) bond motifs is 1. The molecule has 0 bridgehead atoms. The van der Waals surface area contributed by atoms with Gasteiger partial charge >= 0.3 is 0 Å². The summed E-state index contributed by atoms with van der Waals surface area (Å²) in [5.74, 6) is 1.47. The van der Waals surface area contributed by atoms with Crippen molar-refractivity contribution in [2.75, 3.05) is 13.7 Å². The molecule has 0 spiro atoms. The van der Waals surface area contributed by atoms with Crippen LogP contribution in [0.5, 0.6) is 5.75 Å². The number of nitrogens with zero attached hydrogens (tertiary/aromatic N) is 5. The number of H-pyrrole nitrogens is 1. The highest BCUT2D eigenvalue weighted by Gasteiger charge is 2.32. The molecule has 5 rings (SSSR count). The summed E-state index contributed by atoms with van der Waals surface area (Å²) >= 11 is 0. The molecule has 1 saturated carbocycles. The Morgan fingerprint density at radius 1 is 1.11 bits per heavy atom. The Bertz CT molecular complexity index is 1330. The van der Waals surface area contributed by atoms with Crippen molar-refractivity contribution in [2.45, 2.75) is 57.7 Å². The third kappa shape index (κ3) is 4.84. The van der Waals surface area contributed by atoms with E-state index in [1.807, 2.05) is 47.1 Å². The smallest absolute Gasteiger partial charge is 0.253 e. The second-order valence-corrected chi connectivity index (χ2v) is 9.23. The van der Waals surface area contributed by atoms with Crippen LogP contribution in [0.2, 0.25) is 0 Å². The maximum atomic E-state index is 13.5. The summed E-state index contributed by atoms with van der Waals surface area (Å²) in [6, 6.07) is 17.8. The van der Waals surface area contributed by atoms with Crippen LogP contribution in [0, 0.1) is 0 Å². The molecule has 4 aromatic rings. The van der Waals surface area contributed by atoms with Gasteiger partial charge in [-0.25, -0.2) is 4.68 Å². The van der Waals surface area contributed by atoms with Crippen LogP contribution in [-0.2, 0) is 6.54 Å². The maximum absolute atomic E-state index is 13.5. The molecule has 2 heterocycles. The maximum Gasteiger partial charge on any atom is 0.253 e. The first-order valence-corrected chi connectivity index (χ1v) is 12.4. The summed E-state index contributed by atoms with van der Waals surface area (Å²) in [7, 11) is 1.65. The van der Waals surface area contributed by atoms with Crippen molar-refractivity contribution >= 4 is 10.9 Å². The van der Waals surface area contributed by atoms with Gasteiger partial charge < -0.3 is 9.72 Å². The zero-order valence-electron chi connectivity index (χ0n) is 20.4. The average Bonchev–Trinajstić information content (AvgIpc) is 3.39. The Balaban J connectivity index is 1.65. The van der Waals surface area contributed by atoms with Gasteiger partial charge in [0, 0.05) is 23.0 Å². The molecular formula is C27H32N6O2. The van der Waals surface area contributed by atoms with Gasteiger partial charge in [-0.2, -0.15) is 0 Å². The van der Waals surface area contributed by atoms with Gasteiger partial charge in [0.15, 0.2) is 5.82 Å². The Labute approximate surface area is 204 Å². The fourth-order valence-corrected chi connectivity index (χ4v) is 5.20. The topological polar surface area (TPSA) is 88.9 Å². The minimum absolute atomic E-state index is 0.127. The van der Waals surface area contributed by atoms with Crippen LogP contribution in [-0.4, -0.2) is 43.7 Å². The molecular weight excluding hydrogens is 440 g/mol. The van der Waals surface area contributed by atoms with E-state index in [1.165, 1.54) is 24.8 Å². The van der Waals surface area contributed by atoms with Crippen LogP contribution < -0.4 is 10.3 Å². The lowest BCUT2D eigenvalue weighted by molar-refractivity contribution is 0.204. The lowest BCUT2D eigenvalue weighted by Gasteiger charge is -2.32. The highest BCUT2D eigenvalue weighted by molar-refractivity contribution is 5.80. The summed E-state index contributed by atoms with van der Waals surface area (Å²) in [5, 5.41) is 13.9. The molecule has 182 valence electrons. The number of hydrogen-bond donors (Lipinski definition) is 1. The summed E-state index contributed by atoms with van der Waals surface area (Å²) in [6.45, 7) is 3.52. The molecule has 0 radical (unpaired) electrons. The van der Waals surface area contributed by atoms with E-state index in [2.05, 4.69) is 44.5 Å². The summed E-state index contributed by atoms with van der Waals surface area (Å²) in [5.41, 5.74) is 2.46. The van der Waals surface area contributed by atoms with E-state index in [9.17, 15) is 4.79 Å². The molecule has 1 fully saturated rings. The van der Waals surface area contributed by atoms with Gasteiger partial charge in [0.2, 0.25) is 0 Å². The average molecular weight is 473 g/mol. The molecule has 8 nitrogen and oxygen atoms in total. The molecule has 2 aromatic heterocycles. The van der Waals surface area contributed by atoms with E-state index in [-0.39, 0.29) is 11.6 Å². The van der Waals surface area contributed by atoms with Crippen LogP contribution in [0.15, 0.2) is 59.4 Å². The number of ether oxygens (including phenoxy) is 1. The van der Waals surface area contributed by atoms with Gasteiger partial charge in [-0.05, 0) is 59.6 Å². The number of nitrogens with one attached hydrogen (secondary N) is 1. The van der Waals surface area contributed by atoms with Crippen molar-refractivity contribution in [2.24, 2.45) is 0 Å². The minimum atomic E-state index is -0.392. The molecule has 2 aromatic carbocycles. The third-order valence-electron chi connectivity index (χ3n) is 7.06. The molecule has 0 aliphatic heterocycles. The molecule has 1 atom stereocenters. The van der Waals surface area contributed by atoms with Gasteiger partial charge in [0.1, 0.15) is 11.8 Å². The lowest BCUT2D eigenvalue weighted by atomic mass is 9.95. The Morgan fingerprint density at radius 2 is 1.91 bits per heavy atom. The van der Waals surface area contributed by atoms with E-state index in [1.54, 1.807) is 7.11 Å². The zero-order chi connectivity index (χ0) is 24.2. The number of methoxy groups -OCH3 is 1. The predicted molar refractivity (Wildman–Crippen MR) is 135 cm³/mol. The van der Waals surface area contributed by atoms with Gasteiger partial charge in [-0.1, -0.05) is 56.5 Å². The van der Waals surface area contributed by atoms with Crippen molar-refractivity contribution in [3.63, 3.8) is 0 Å². The van der Waals surface area contributed by atoms with Gasteiger partial charge in [-0.3, -0.25) is 9.69 Å². The van der Waals surface area contributed by atoms with Crippen molar-refractivity contribution in [1.82, 2.24) is 30.1 Å². The molecule has 1 aliphatic rings. The van der Waals surface area contributed by atoms with Crippen LogP contribution in [0.4, 0.5) is 0 Å². The van der Waals surface area contributed by atoms with Crippen molar-refractivity contribution < 1.29 is 4.74 Å². The minimum Gasteiger partial charge on any atom is -0.497 e. The molecule has 1 aliphatic carbocycles. The van der Waals surface area contributed by atoms with E-state index < -0.39 is 6.04 Å². The fraction of sp³-hybridized carbons (Fsp3) is 0.407. The molecule has 1 N–H and O–H groups in total. The number of pyridine rings is 1. The normalized spacial score (nSPS) is 15.5. The van der Waals surface area contributed by atoms with E-state index >= 15 is 0 Å². The highest BCUT2D eigenvalue weighted by atomic mass is 16.5. The number of benzene rings is 2. The Morgan fingerprint density at radius 3 is 2.66 bits per heavy atom. The molecule has 0 unspecified atom stereocenters. The quantitative estimate of drug-likeness (QED) is 0.402. The van der Waals surface area contributed by atoms with Gasteiger partial charge in [-0.15, -0.1) is 5.10 Å². The number of tetrazole rings is 1. The monoisotopic (exact) mass is 472 g/mol. The first-order chi connectivity index (χ1) is 17.2. The van der Waals surface area contributed by atoms with Gasteiger partial charge in [0.05, 0.1) is 13.2 Å². The lowest BCUT2D eigenvalue weighted by Crippen LogP contribution is -2.35. The van der Waals surface area contributed by atoms with Crippen molar-refractivity contribution in [1.29, 1.82) is 0 Å². The standard InChI is InChI=1S/C27H32N6O2/c1-3-32(18-19-10-6-4-7-11-19)25(26-29-30-31-33(26)21-12-8-5-9-13-21)23-17-20-16-22(35-2)14-15-24(20)28-27(23)34/h4,6-7,10-11,14-17,21,25H,3,5,8-9,12-13,18H2,1-2H3,(H,28,34)/t25-/m0/s1. The highest BCUT2D eigenvalue weighted by Crippen LogP contribution is 2.34. The van der Waals surface area contributed by atoms with Crippen LogP contribution >= 0.6 is 0 Å². The molecule has 0 saturated heterocycles. The number of rotatable bonds is 8. The first-order valence-electron chi connectivity index (χ1n) is 12.4. The number of aromatic amines is 1. The van der Waals surface area contributed by atoms with E-state index in [4.69, 9.17) is 4.74 Å². The van der Waals surface area contributed by atoms with Crippen molar-refractivity contribution in [3.05, 3.63) is 81.9 Å². The molecule has 0 amide bonds. The van der Waals surface area contributed by atoms with Gasteiger partial charge in [0.25, 0.3) is 5.56 Å². The Hall–Kier alpha value is -3.52. The van der Waals surface area contributed by atoms with Crippen LogP contribution in [0.1, 0.15) is 68.1 Å². The number of aromatic nitrogens is 5. The summed E-state index contributed by atoms with van der Waals surface area (Å²) in [6.07, 6.45) is 5.71. The van der Waals surface area contributed by atoms with E-state index in [0.717, 1.165) is 41.9 Å². The SMILES string of the molecule is CCN(Cc1ccccc1)[C@@H](c1cc2cc(OC)ccc2[nH]c1=O)c1nnnn1C1CCCCC1. The third-order valence-corrected chi connectivity index (χ3v) is 7.06. The van der Waals surface area contributed by atoms with Crippen molar-refractivity contribution in [3.8, 4) is 5.75 Å². The summed E-state index contributed by atoms with van der Waals surface area (Å²) < 4.78 is 7.41. The zero-order valence-corrected chi connectivity index (χ0v) is 20.4. The number of hydrogen-bond acceptors (Lipinski definition) is 6. The second-order valence-electron chi connectivity index (χ2n) is 9.23. The fourth-order valence-electron chi connectivity index (χ4n) is 5.20. The predicted octanol–water partition coefficient (Wildman–Crippen LogP) is 4.64. The van der Waals surface area contributed by atoms with E-state index in [0.29, 0.717) is 12.1 Å². The first kappa shape index (κ1) is 23.2. The largest absolute Gasteiger partial charge is 0.497 e. The Kier molecular flexibility index (Phi) is 6.90. The molecule has 8 heteroatoms.